The van der Waals surface area contributed by atoms with Gasteiger partial charge in [0, 0.05) is 38.4 Å². The Kier molecular flexibility index (Phi) is 5.30. The van der Waals surface area contributed by atoms with Crippen molar-refractivity contribution >= 4 is 17.5 Å². The second-order valence-electron chi connectivity index (χ2n) is 7.38. The van der Waals surface area contributed by atoms with Crippen LogP contribution in [-0.2, 0) is 16.0 Å². The molecule has 6 heteroatoms. The number of benzene rings is 2. The highest BCUT2D eigenvalue weighted by atomic mass is 16.3. The van der Waals surface area contributed by atoms with Crippen LogP contribution in [0.3, 0.4) is 0 Å². The van der Waals surface area contributed by atoms with Crippen molar-refractivity contribution in [2.45, 2.75) is 18.9 Å². The Morgan fingerprint density at radius 3 is 2.25 bits per heavy atom. The van der Waals surface area contributed by atoms with Crippen molar-refractivity contribution in [1.29, 1.82) is 0 Å². The average Bonchev–Trinajstić information content (AvgIpc) is 3.01. The summed E-state index contributed by atoms with van der Waals surface area (Å²) in [4.78, 5) is 31.1. The van der Waals surface area contributed by atoms with Gasteiger partial charge in [-0.2, -0.15) is 0 Å². The van der Waals surface area contributed by atoms with Crippen molar-refractivity contribution in [3.63, 3.8) is 0 Å². The van der Waals surface area contributed by atoms with Crippen molar-refractivity contribution in [3.05, 3.63) is 60.2 Å². The predicted octanol–water partition coefficient (Wildman–Crippen LogP) is 1.88. The smallest absolute Gasteiger partial charge is 0.247 e. The van der Waals surface area contributed by atoms with Gasteiger partial charge in [-0.15, -0.1) is 0 Å². The van der Waals surface area contributed by atoms with Gasteiger partial charge in [-0.05, 0) is 36.2 Å². The first-order chi connectivity index (χ1) is 13.6. The maximum atomic E-state index is 12.8. The molecule has 0 unspecified atom stereocenters. The molecule has 1 atom stereocenters. The number of likely N-dealkylation sites (tertiary alicyclic amines) is 1. The third-order valence-corrected chi connectivity index (χ3v) is 5.66. The Bertz CT molecular complexity index is 830. The Labute approximate surface area is 165 Å². The SMILES string of the molecule is O=C1C[C@H](N2CCN(c3ccc(O)cc3)CC2)C(=O)N1CCc1ccccc1. The van der Waals surface area contributed by atoms with E-state index in [0.717, 1.165) is 37.4 Å². The number of piperazine rings is 1. The molecule has 0 aliphatic carbocycles. The normalized spacial score (nSPS) is 20.8. The van der Waals surface area contributed by atoms with Gasteiger partial charge in [-0.1, -0.05) is 30.3 Å². The molecule has 2 amide bonds. The highest BCUT2D eigenvalue weighted by Crippen LogP contribution is 2.24. The van der Waals surface area contributed by atoms with Gasteiger partial charge in [-0.3, -0.25) is 19.4 Å². The van der Waals surface area contributed by atoms with Crippen LogP contribution >= 0.6 is 0 Å². The third kappa shape index (κ3) is 3.87. The summed E-state index contributed by atoms with van der Waals surface area (Å²) in [5, 5.41) is 9.44. The fourth-order valence-corrected chi connectivity index (χ4v) is 4.03. The van der Waals surface area contributed by atoms with E-state index in [1.165, 1.54) is 4.90 Å². The molecule has 0 bridgehead atoms. The van der Waals surface area contributed by atoms with Crippen LogP contribution in [0.15, 0.2) is 54.6 Å². The third-order valence-electron chi connectivity index (χ3n) is 5.66. The van der Waals surface area contributed by atoms with Gasteiger partial charge in [0.25, 0.3) is 0 Å². The molecular formula is C22H25N3O3. The number of carbonyl (C=O) groups excluding carboxylic acids is 2. The van der Waals surface area contributed by atoms with Gasteiger partial charge >= 0.3 is 0 Å². The van der Waals surface area contributed by atoms with Crippen molar-refractivity contribution in [3.8, 4) is 5.75 Å². The maximum Gasteiger partial charge on any atom is 0.247 e. The summed E-state index contributed by atoms with van der Waals surface area (Å²) in [6.45, 7) is 3.54. The van der Waals surface area contributed by atoms with Gasteiger partial charge in [0.05, 0.1) is 12.5 Å². The van der Waals surface area contributed by atoms with Crippen LogP contribution in [0.2, 0.25) is 0 Å². The topological polar surface area (TPSA) is 64.1 Å². The number of amides is 2. The number of hydrogen-bond acceptors (Lipinski definition) is 5. The molecule has 146 valence electrons. The van der Waals surface area contributed by atoms with E-state index in [1.54, 1.807) is 12.1 Å². The van der Waals surface area contributed by atoms with Crippen molar-refractivity contribution in [2.75, 3.05) is 37.6 Å². The first kappa shape index (κ1) is 18.5. The Morgan fingerprint density at radius 1 is 0.893 bits per heavy atom. The van der Waals surface area contributed by atoms with Crippen LogP contribution in [0, 0.1) is 0 Å². The summed E-state index contributed by atoms with van der Waals surface area (Å²) in [5.74, 6) is 0.138. The zero-order chi connectivity index (χ0) is 19.5. The van der Waals surface area contributed by atoms with Gasteiger partial charge < -0.3 is 10.0 Å². The number of aromatic hydroxyl groups is 1. The van der Waals surface area contributed by atoms with E-state index in [4.69, 9.17) is 0 Å². The Hall–Kier alpha value is -2.86. The molecule has 2 fully saturated rings. The highest BCUT2D eigenvalue weighted by Gasteiger charge is 2.42. The second kappa shape index (κ2) is 8.02. The Balaban J connectivity index is 1.33. The molecule has 2 aromatic rings. The average molecular weight is 379 g/mol. The molecule has 4 rings (SSSR count). The molecule has 0 spiro atoms. The molecule has 2 saturated heterocycles. The molecule has 28 heavy (non-hydrogen) atoms. The second-order valence-corrected chi connectivity index (χ2v) is 7.38. The fourth-order valence-electron chi connectivity index (χ4n) is 4.03. The lowest BCUT2D eigenvalue weighted by molar-refractivity contribution is -0.139. The number of carbonyl (C=O) groups is 2. The highest BCUT2D eigenvalue weighted by molar-refractivity contribution is 6.05. The maximum absolute atomic E-state index is 12.8. The van der Waals surface area contributed by atoms with Crippen LogP contribution in [-0.4, -0.2) is 65.5 Å². The minimum atomic E-state index is -0.328. The van der Waals surface area contributed by atoms with Gasteiger partial charge in [0.1, 0.15) is 5.75 Å². The predicted molar refractivity (Wildman–Crippen MR) is 107 cm³/mol. The molecule has 0 saturated carbocycles. The van der Waals surface area contributed by atoms with Crippen molar-refractivity contribution < 1.29 is 14.7 Å². The lowest BCUT2D eigenvalue weighted by Crippen LogP contribution is -2.52. The molecule has 1 N–H and O–H groups in total. The number of hydrogen-bond donors (Lipinski definition) is 1. The van der Waals surface area contributed by atoms with E-state index in [0.29, 0.717) is 13.0 Å². The van der Waals surface area contributed by atoms with Gasteiger partial charge in [-0.25, -0.2) is 0 Å². The van der Waals surface area contributed by atoms with Crippen molar-refractivity contribution in [1.82, 2.24) is 9.80 Å². The van der Waals surface area contributed by atoms with E-state index in [2.05, 4.69) is 9.80 Å². The molecule has 0 aromatic heterocycles. The van der Waals surface area contributed by atoms with Crippen molar-refractivity contribution in [2.24, 2.45) is 0 Å². The number of phenolic OH excluding ortho intramolecular Hbond substituents is 1. The largest absolute Gasteiger partial charge is 0.508 e. The van der Waals surface area contributed by atoms with E-state index in [9.17, 15) is 14.7 Å². The van der Waals surface area contributed by atoms with E-state index >= 15 is 0 Å². The number of phenols is 1. The quantitative estimate of drug-likeness (QED) is 0.804. The molecule has 2 heterocycles. The summed E-state index contributed by atoms with van der Waals surface area (Å²) in [6, 6.07) is 16.8. The van der Waals surface area contributed by atoms with Crippen LogP contribution in [0.4, 0.5) is 5.69 Å². The zero-order valence-corrected chi connectivity index (χ0v) is 15.8. The molecular weight excluding hydrogens is 354 g/mol. The van der Waals surface area contributed by atoms with Crippen LogP contribution in [0.25, 0.3) is 0 Å². The lowest BCUT2D eigenvalue weighted by Gasteiger charge is -2.38. The van der Waals surface area contributed by atoms with E-state index in [-0.39, 0.29) is 30.0 Å². The fraction of sp³-hybridized carbons (Fsp3) is 0.364. The number of nitrogens with zero attached hydrogens (tertiary/aromatic N) is 3. The van der Waals surface area contributed by atoms with Crippen LogP contribution < -0.4 is 4.90 Å². The zero-order valence-electron chi connectivity index (χ0n) is 15.8. The summed E-state index contributed by atoms with van der Waals surface area (Å²) in [7, 11) is 0. The number of rotatable bonds is 5. The summed E-state index contributed by atoms with van der Waals surface area (Å²) < 4.78 is 0. The lowest BCUT2D eigenvalue weighted by atomic mass is 10.1. The first-order valence-corrected chi connectivity index (χ1v) is 9.78. The van der Waals surface area contributed by atoms with Gasteiger partial charge in [0.2, 0.25) is 11.8 Å². The number of anilines is 1. The van der Waals surface area contributed by atoms with Crippen LogP contribution in [0.5, 0.6) is 5.75 Å². The minimum Gasteiger partial charge on any atom is -0.508 e. The molecule has 6 nitrogen and oxygen atoms in total. The summed E-state index contributed by atoms with van der Waals surface area (Å²) in [6.07, 6.45) is 0.979. The number of imide groups is 1. The first-order valence-electron chi connectivity index (χ1n) is 9.78. The Morgan fingerprint density at radius 2 is 1.57 bits per heavy atom. The molecule has 2 aromatic carbocycles. The monoisotopic (exact) mass is 379 g/mol. The van der Waals surface area contributed by atoms with E-state index < -0.39 is 0 Å². The van der Waals surface area contributed by atoms with E-state index in [1.807, 2.05) is 42.5 Å². The van der Waals surface area contributed by atoms with Gasteiger partial charge in [0.15, 0.2) is 0 Å². The van der Waals surface area contributed by atoms with Crippen LogP contribution in [0.1, 0.15) is 12.0 Å². The molecule has 2 aliphatic heterocycles. The standard InChI is InChI=1S/C22H25N3O3/c26-19-8-6-18(7-9-19)23-12-14-24(15-13-23)20-16-21(27)25(22(20)28)11-10-17-4-2-1-3-5-17/h1-9,20,26H,10-16H2/t20-/m0/s1. The molecule has 2 aliphatic rings. The summed E-state index contributed by atoms with van der Waals surface area (Å²) >= 11 is 0. The minimum absolute atomic E-state index is 0.0565. The summed E-state index contributed by atoms with van der Waals surface area (Å²) in [5.41, 5.74) is 2.20. The molecule has 0 radical (unpaired) electrons.